The van der Waals surface area contributed by atoms with Gasteiger partial charge in [-0.2, -0.15) is 13.2 Å². The lowest BCUT2D eigenvalue weighted by Crippen LogP contribution is -2.46. The first-order valence-electron chi connectivity index (χ1n) is 7.76. The molecule has 0 aromatic heterocycles. The van der Waals surface area contributed by atoms with Crippen LogP contribution in [0.25, 0.3) is 0 Å². The molecule has 0 radical (unpaired) electrons. The zero-order chi connectivity index (χ0) is 17.6. The molecule has 2 N–H and O–H groups in total. The second-order valence-electron chi connectivity index (χ2n) is 5.61. The zero-order valence-corrected chi connectivity index (χ0v) is 14.6. The maximum atomic E-state index is 12.2. The number of carbonyl (C=O) groups excluding carboxylic acids is 1. The first-order valence-corrected chi connectivity index (χ1v) is 7.76. The van der Waals surface area contributed by atoms with E-state index < -0.39 is 12.8 Å². The van der Waals surface area contributed by atoms with Gasteiger partial charge in [-0.3, -0.25) is 4.79 Å². The Hall–Kier alpha value is -1.67. The molecule has 1 aliphatic heterocycles. The van der Waals surface area contributed by atoms with Crippen LogP contribution >= 0.6 is 12.4 Å². The number of methoxy groups -OCH3 is 1. The van der Waals surface area contributed by atoms with Crippen molar-refractivity contribution in [3.05, 3.63) is 23.8 Å². The number of carbonyl (C=O) groups is 1. The Balaban J connectivity index is 0.00000312. The number of nitrogens with one attached hydrogen (secondary N) is 2. The highest BCUT2D eigenvalue weighted by molar-refractivity contribution is 5.85. The number of piperidine rings is 1. The molecule has 1 saturated heterocycles. The minimum atomic E-state index is -4.41. The number of amides is 1. The van der Waals surface area contributed by atoms with Gasteiger partial charge >= 0.3 is 6.18 Å². The van der Waals surface area contributed by atoms with Crippen LogP contribution in [0.3, 0.4) is 0 Å². The largest absolute Gasteiger partial charge is 0.493 e. The lowest BCUT2D eigenvalue weighted by molar-refractivity contribution is -0.153. The van der Waals surface area contributed by atoms with Gasteiger partial charge in [0.1, 0.15) is 0 Å². The summed E-state index contributed by atoms with van der Waals surface area (Å²) in [7, 11) is 1.35. The minimum Gasteiger partial charge on any atom is -0.493 e. The molecule has 142 valence electrons. The molecule has 0 bridgehead atoms. The summed E-state index contributed by atoms with van der Waals surface area (Å²) in [5, 5.41) is 5.97. The number of halogens is 4. The highest BCUT2D eigenvalue weighted by Gasteiger charge is 2.29. The summed E-state index contributed by atoms with van der Waals surface area (Å²) in [6.07, 6.45) is -1.52. The zero-order valence-electron chi connectivity index (χ0n) is 13.8. The Morgan fingerprint density at radius 2 is 2.08 bits per heavy atom. The first kappa shape index (κ1) is 21.4. The number of ether oxygens (including phenoxy) is 2. The van der Waals surface area contributed by atoms with Gasteiger partial charge in [-0.25, -0.2) is 0 Å². The van der Waals surface area contributed by atoms with E-state index in [9.17, 15) is 18.0 Å². The number of rotatable bonds is 6. The van der Waals surface area contributed by atoms with E-state index in [1.165, 1.54) is 13.2 Å². The van der Waals surface area contributed by atoms with Crippen molar-refractivity contribution in [2.24, 2.45) is 0 Å². The monoisotopic (exact) mass is 382 g/mol. The van der Waals surface area contributed by atoms with Crippen molar-refractivity contribution in [3.63, 3.8) is 0 Å². The van der Waals surface area contributed by atoms with Crippen molar-refractivity contribution in [3.8, 4) is 11.5 Å². The number of alkyl halides is 3. The smallest absolute Gasteiger partial charge is 0.422 e. The summed E-state index contributed by atoms with van der Waals surface area (Å²) in [4.78, 5) is 12.1. The van der Waals surface area contributed by atoms with Crippen molar-refractivity contribution in [2.75, 3.05) is 20.3 Å². The molecule has 0 spiro atoms. The minimum absolute atomic E-state index is 0. The second-order valence-corrected chi connectivity index (χ2v) is 5.61. The molecule has 25 heavy (non-hydrogen) atoms. The fourth-order valence-corrected chi connectivity index (χ4v) is 2.49. The van der Waals surface area contributed by atoms with Gasteiger partial charge in [-0.15, -0.1) is 12.4 Å². The van der Waals surface area contributed by atoms with Crippen LogP contribution in [0.1, 0.15) is 24.8 Å². The van der Waals surface area contributed by atoms with Gasteiger partial charge in [0.05, 0.1) is 13.2 Å². The van der Waals surface area contributed by atoms with Crippen molar-refractivity contribution in [1.29, 1.82) is 0 Å². The summed E-state index contributed by atoms with van der Waals surface area (Å²) in [6, 6.07) is 4.38. The van der Waals surface area contributed by atoms with E-state index >= 15 is 0 Å². The molecule has 1 amide bonds. The van der Waals surface area contributed by atoms with Gasteiger partial charge in [0, 0.05) is 6.54 Å². The van der Waals surface area contributed by atoms with Crippen molar-refractivity contribution < 1.29 is 27.4 Å². The van der Waals surface area contributed by atoms with Gasteiger partial charge in [-0.1, -0.05) is 12.5 Å². The lowest BCUT2D eigenvalue weighted by Gasteiger charge is -2.22. The van der Waals surface area contributed by atoms with Crippen LogP contribution in [0.15, 0.2) is 18.2 Å². The van der Waals surface area contributed by atoms with Crippen molar-refractivity contribution in [1.82, 2.24) is 10.6 Å². The number of benzene rings is 1. The van der Waals surface area contributed by atoms with E-state index in [1.54, 1.807) is 12.1 Å². The second kappa shape index (κ2) is 9.72. The topological polar surface area (TPSA) is 59.6 Å². The average Bonchev–Trinajstić information content (AvgIpc) is 2.58. The normalized spacial score (nSPS) is 17.4. The predicted molar refractivity (Wildman–Crippen MR) is 89.3 cm³/mol. The molecular weight excluding hydrogens is 361 g/mol. The maximum Gasteiger partial charge on any atom is 0.422 e. The van der Waals surface area contributed by atoms with Crippen molar-refractivity contribution in [2.45, 2.75) is 38.0 Å². The Bertz CT molecular complexity index is 564. The molecule has 1 aliphatic rings. The average molecular weight is 383 g/mol. The van der Waals surface area contributed by atoms with Crippen molar-refractivity contribution >= 4 is 18.3 Å². The molecule has 2 rings (SSSR count). The van der Waals surface area contributed by atoms with E-state index in [-0.39, 0.29) is 42.4 Å². The number of hydrogen-bond acceptors (Lipinski definition) is 4. The highest BCUT2D eigenvalue weighted by Crippen LogP contribution is 2.29. The van der Waals surface area contributed by atoms with Gasteiger partial charge in [0.25, 0.3) is 0 Å². The molecule has 1 fully saturated rings. The standard InChI is InChI=1S/C16H21F3N2O3.ClH/c1-23-14-8-11(5-6-13(14)24-10-16(17,18)19)9-21-15(22)12-4-2-3-7-20-12;/h5-6,8,12,20H,2-4,7,9-10H2,1H3,(H,21,22);1H/t12-;/m0./s1. The van der Waals surface area contributed by atoms with E-state index in [0.717, 1.165) is 31.4 Å². The fraction of sp³-hybridized carbons (Fsp3) is 0.562. The summed E-state index contributed by atoms with van der Waals surface area (Å²) in [5.74, 6) is 0.131. The van der Waals surface area contributed by atoms with Crippen LogP contribution < -0.4 is 20.1 Å². The van der Waals surface area contributed by atoms with E-state index in [0.29, 0.717) is 0 Å². The van der Waals surface area contributed by atoms with Crippen LogP contribution in [-0.2, 0) is 11.3 Å². The molecule has 0 aliphatic carbocycles. The first-order chi connectivity index (χ1) is 11.4. The van der Waals surface area contributed by atoms with E-state index in [2.05, 4.69) is 10.6 Å². The lowest BCUT2D eigenvalue weighted by atomic mass is 10.0. The van der Waals surface area contributed by atoms with Crippen LogP contribution in [-0.4, -0.2) is 38.4 Å². The Morgan fingerprint density at radius 3 is 2.68 bits per heavy atom. The van der Waals surface area contributed by atoms with Gasteiger partial charge in [0.2, 0.25) is 5.91 Å². The third-order valence-corrected chi connectivity index (χ3v) is 3.71. The molecule has 1 atom stereocenters. The third-order valence-electron chi connectivity index (χ3n) is 3.71. The number of hydrogen-bond donors (Lipinski definition) is 2. The van der Waals surface area contributed by atoms with Crippen LogP contribution in [0.2, 0.25) is 0 Å². The van der Waals surface area contributed by atoms with E-state index in [1.807, 2.05) is 0 Å². The summed E-state index contributed by atoms with van der Waals surface area (Å²) < 4.78 is 46.4. The molecular formula is C16H22ClF3N2O3. The predicted octanol–water partition coefficient (Wildman–Crippen LogP) is 2.82. The third kappa shape index (κ3) is 6.99. The molecule has 5 nitrogen and oxygen atoms in total. The van der Waals surface area contributed by atoms with Gasteiger partial charge in [-0.05, 0) is 37.1 Å². The summed E-state index contributed by atoms with van der Waals surface area (Å²) >= 11 is 0. The van der Waals surface area contributed by atoms with E-state index in [4.69, 9.17) is 9.47 Å². The highest BCUT2D eigenvalue weighted by atomic mass is 35.5. The fourth-order valence-electron chi connectivity index (χ4n) is 2.49. The van der Waals surface area contributed by atoms with Crippen LogP contribution in [0.5, 0.6) is 11.5 Å². The van der Waals surface area contributed by atoms with Gasteiger partial charge in [0.15, 0.2) is 18.1 Å². The van der Waals surface area contributed by atoms with Crippen LogP contribution in [0, 0.1) is 0 Å². The molecule has 0 saturated carbocycles. The SMILES string of the molecule is COc1cc(CNC(=O)[C@@H]2CCCCN2)ccc1OCC(F)(F)F.Cl. The Morgan fingerprint density at radius 1 is 1.32 bits per heavy atom. The Kier molecular flexibility index (Phi) is 8.31. The maximum absolute atomic E-state index is 12.2. The summed E-state index contributed by atoms with van der Waals surface area (Å²) in [5.41, 5.74) is 0.718. The molecule has 0 unspecified atom stereocenters. The molecule has 1 heterocycles. The summed E-state index contributed by atoms with van der Waals surface area (Å²) in [6.45, 7) is -0.281. The molecule has 1 aromatic rings. The van der Waals surface area contributed by atoms with Crippen LogP contribution in [0.4, 0.5) is 13.2 Å². The molecule has 9 heteroatoms. The quantitative estimate of drug-likeness (QED) is 0.794. The Labute approximate surface area is 150 Å². The van der Waals surface area contributed by atoms with Gasteiger partial charge < -0.3 is 20.1 Å². The molecule has 1 aromatic carbocycles.